The fraction of sp³-hybridized carbons (Fsp3) is 0.0588. The largest absolute Gasteiger partial charge is 0.284 e. The molecular formula is C34H24N2S2. The summed E-state index contributed by atoms with van der Waals surface area (Å²) in [6.45, 7) is 0.909. The van der Waals surface area contributed by atoms with Gasteiger partial charge in [0.25, 0.3) is 0 Å². The fourth-order valence-corrected chi connectivity index (χ4v) is 6.95. The molecule has 0 fully saturated rings. The van der Waals surface area contributed by atoms with Gasteiger partial charge in [-0.1, -0.05) is 84.9 Å². The Morgan fingerprint density at radius 2 is 1.24 bits per heavy atom. The molecule has 0 N–H and O–H groups in total. The first-order valence-corrected chi connectivity index (χ1v) is 14.5. The van der Waals surface area contributed by atoms with E-state index in [4.69, 9.17) is 4.99 Å². The number of aromatic nitrogens is 1. The summed E-state index contributed by atoms with van der Waals surface area (Å²) >= 11 is 3.61. The van der Waals surface area contributed by atoms with Gasteiger partial charge in [-0.2, -0.15) is 0 Å². The van der Waals surface area contributed by atoms with E-state index in [0.29, 0.717) is 0 Å². The van der Waals surface area contributed by atoms with Crippen molar-refractivity contribution in [3.05, 3.63) is 136 Å². The Kier molecular flexibility index (Phi) is 6.05. The maximum absolute atomic E-state index is 4.79. The number of fused-ring (bicyclic) bond motifs is 4. The second-order valence-corrected chi connectivity index (χ2v) is 11.2. The molecule has 38 heavy (non-hydrogen) atoms. The topological polar surface area (TPSA) is 25.2 Å². The van der Waals surface area contributed by atoms with E-state index in [2.05, 4.69) is 119 Å². The summed E-state index contributed by atoms with van der Waals surface area (Å²) in [5, 5.41) is 10.6. The van der Waals surface area contributed by atoms with Crippen molar-refractivity contribution in [2.45, 2.75) is 6.42 Å². The number of benzene rings is 4. The molecule has 8 rings (SSSR count). The van der Waals surface area contributed by atoms with Gasteiger partial charge in [-0.05, 0) is 50.5 Å². The van der Waals surface area contributed by atoms with Crippen LogP contribution in [0.5, 0.6) is 0 Å². The highest BCUT2D eigenvalue weighted by Crippen LogP contribution is 2.34. The third kappa shape index (κ3) is 4.12. The van der Waals surface area contributed by atoms with E-state index < -0.39 is 0 Å². The van der Waals surface area contributed by atoms with Crippen LogP contribution in [0.3, 0.4) is 0 Å². The minimum atomic E-state index is 0.909. The molecule has 0 saturated carbocycles. The van der Waals surface area contributed by atoms with Gasteiger partial charge in [-0.15, -0.1) is 22.7 Å². The molecule has 0 saturated heterocycles. The van der Waals surface area contributed by atoms with Gasteiger partial charge in [0.1, 0.15) is 0 Å². The number of thiophene rings is 2. The number of pyridine rings is 1. The zero-order valence-corrected chi connectivity index (χ0v) is 22.3. The number of hydrogen-bond acceptors (Lipinski definition) is 4. The minimum Gasteiger partial charge on any atom is -0.284 e. The van der Waals surface area contributed by atoms with Crippen LogP contribution in [0.25, 0.3) is 42.9 Å². The van der Waals surface area contributed by atoms with Crippen LogP contribution >= 0.6 is 22.7 Å². The van der Waals surface area contributed by atoms with Crippen LogP contribution < -0.4 is 0 Å². The number of nitrogens with zero attached hydrogens (tertiary/aromatic N) is 2. The van der Waals surface area contributed by atoms with E-state index in [9.17, 15) is 0 Å². The smallest absolute Gasteiger partial charge is 0.0794 e. The maximum atomic E-state index is 4.79. The van der Waals surface area contributed by atoms with Gasteiger partial charge in [0.05, 0.1) is 11.4 Å². The lowest BCUT2D eigenvalue weighted by Gasteiger charge is -2.15. The number of rotatable bonds is 2. The third-order valence-electron chi connectivity index (χ3n) is 7.08. The molecular weight excluding hydrogens is 501 g/mol. The summed E-state index contributed by atoms with van der Waals surface area (Å²) in [5.41, 5.74) is 6.04. The van der Waals surface area contributed by atoms with Gasteiger partial charge in [0.15, 0.2) is 0 Å². The van der Waals surface area contributed by atoms with Gasteiger partial charge < -0.3 is 0 Å². The van der Waals surface area contributed by atoms with Crippen molar-refractivity contribution in [2.24, 2.45) is 4.99 Å². The summed E-state index contributed by atoms with van der Waals surface area (Å²) < 4.78 is 1.29. The van der Waals surface area contributed by atoms with Gasteiger partial charge >= 0.3 is 0 Å². The van der Waals surface area contributed by atoms with E-state index in [1.165, 1.54) is 58.9 Å². The molecule has 0 atom stereocenters. The summed E-state index contributed by atoms with van der Waals surface area (Å²) in [6.07, 6.45) is 2.98. The molecule has 7 aromatic rings. The number of hydrogen-bond donors (Lipinski definition) is 0. The predicted molar refractivity (Wildman–Crippen MR) is 165 cm³/mol. The average molecular weight is 525 g/mol. The average Bonchev–Trinajstić information content (AvgIpc) is 3.67. The molecule has 1 aliphatic heterocycles. The molecule has 4 heteroatoms. The molecule has 0 amide bonds. The quantitative estimate of drug-likeness (QED) is 0.221. The lowest BCUT2D eigenvalue weighted by Crippen LogP contribution is -2.12. The molecule has 0 spiro atoms. The van der Waals surface area contributed by atoms with Crippen molar-refractivity contribution in [3.8, 4) is 11.3 Å². The molecule has 3 aromatic heterocycles. The Bertz CT molecular complexity index is 1930. The van der Waals surface area contributed by atoms with Crippen molar-refractivity contribution in [1.82, 2.24) is 4.98 Å². The van der Waals surface area contributed by atoms with E-state index in [0.717, 1.165) is 18.7 Å². The second kappa shape index (κ2) is 9.97. The predicted octanol–water partition coefficient (Wildman–Crippen LogP) is 9.41. The van der Waals surface area contributed by atoms with Crippen molar-refractivity contribution in [1.29, 1.82) is 0 Å². The zero-order valence-electron chi connectivity index (χ0n) is 20.7. The SMILES string of the molecule is c1ccc2c(-c3nccc4sccc34)cccc2c1.c1ccc2c(C3=NCCc4sccc43)cccc2c1. The summed E-state index contributed by atoms with van der Waals surface area (Å²) in [5.74, 6) is 0. The molecule has 0 bridgehead atoms. The lowest BCUT2D eigenvalue weighted by molar-refractivity contribution is 0.966. The summed E-state index contributed by atoms with van der Waals surface area (Å²) in [7, 11) is 0. The van der Waals surface area contributed by atoms with E-state index in [1.54, 1.807) is 11.3 Å². The molecule has 1 aliphatic rings. The monoisotopic (exact) mass is 524 g/mol. The second-order valence-electron chi connectivity index (χ2n) is 9.28. The van der Waals surface area contributed by atoms with Crippen LogP contribution in [0, 0.1) is 0 Å². The van der Waals surface area contributed by atoms with Gasteiger partial charge in [0, 0.05) is 50.8 Å². The highest BCUT2D eigenvalue weighted by atomic mass is 32.1. The lowest BCUT2D eigenvalue weighted by atomic mass is 9.95. The summed E-state index contributed by atoms with van der Waals surface area (Å²) in [6, 6.07) is 36.3. The van der Waals surface area contributed by atoms with Gasteiger partial charge in [-0.3, -0.25) is 9.98 Å². The van der Waals surface area contributed by atoms with Crippen LogP contribution in [0.4, 0.5) is 0 Å². The Hall–Kier alpha value is -4.12. The molecule has 0 aliphatic carbocycles. The zero-order chi connectivity index (χ0) is 25.3. The normalized spacial score (nSPS) is 12.7. The first-order chi connectivity index (χ1) is 18.9. The van der Waals surface area contributed by atoms with Crippen molar-refractivity contribution < 1.29 is 0 Å². The van der Waals surface area contributed by atoms with Crippen molar-refractivity contribution in [2.75, 3.05) is 6.54 Å². The van der Waals surface area contributed by atoms with Crippen molar-refractivity contribution >= 4 is 60.0 Å². The molecule has 4 heterocycles. The van der Waals surface area contributed by atoms with Crippen LogP contribution in [0.15, 0.2) is 125 Å². The van der Waals surface area contributed by atoms with Crippen molar-refractivity contribution in [3.63, 3.8) is 0 Å². The maximum Gasteiger partial charge on any atom is 0.0794 e. The first kappa shape index (κ1) is 23.0. The Labute approximate surface area is 229 Å². The van der Waals surface area contributed by atoms with E-state index in [-0.39, 0.29) is 0 Å². The molecule has 2 nitrogen and oxygen atoms in total. The van der Waals surface area contributed by atoms with Crippen LogP contribution in [-0.4, -0.2) is 17.2 Å². The van der Waals surface area contributed by atoms with Crippen LogP contribution in [-0.2, 0) is 6.42 Å². The first-order valence-electron chi connectivity index (χ1n) is 12.8. The van der Waals surface area contributed by atoms with E-state index >= 15 is 0 Å². The summed E-state index contributed by atoms with van der Waals surface area (Å²) in [4.78, 5) is 10.9. The van der Waals surface area contributed by atoms with Crippen LogP contribution in [0.2, 0.25) is 0 Å². The van der Waals surface area contributed by atoms with Gasteiger partial charge in [0.2, 0.25) is 0 Å². The Balaban J connectivity index is 0.000000127. The highest BCUT2D eigenvalue weighted by Gasteiger charge is 2.18. The third-order valence-corrected chi connectivity index (χ3v) is 8.94. The number of aliphatic imine (C=N–C) groups is 1. The Morgan fingerprint density at radius 1 is 0.553 bits per heavy atom. The standard InChI is InChI=1S/C17H13NS.C17H11NS/c2*1-2-6-13-12(4-1)5-3-7-14(13)17-15-9-11-19-16(15)8-10-18-17/h1-7,9,11H,8,10H2;1-11H. The fourth-order valence-electron chi connectivity index (χ4n) is 5.30. The van der Waals surface area contributed by atoms with Crippen LogP contribution in [0.1, 0.15) is 16.0 Å². The van der Waals surface area contributed by atoms with E-state index in [1.807, 2.05) is 17.5 Å². The molecule has 182 valence electrons. The molecule has 0 radical (unpaired) electrons. The van der Waals surface area contributed by atoms with Gasteiger partial charge in [-0.25, -0.2) is 0 Å². The highest BCUT2D eigenvalue weighted by molar-refractivity contribution is 7.17. The molecule has 4 aromatic carbocycles. The Morgan fingerprint density at radius 3 is 2.05 bits per heavy atom. The molecule has 0 unspecified atom stereocenters. The minimum absolute atomic E-state index is 0.909.